The minimum atomic E-state index is -0.563. The highest BCUT2D eigenvalue weighted by molar-refractivity contribution is 6.03. The molecule has 0 saturated heterocycles. The number of nitrogens with one attached hydrogen (secondary N) is 2. The molecule has 2 aromatic carbocycles. The molecule has 1 aliphatic carbocycles. The summed E-state index contributed by atoms with van der Waals surface area (Å²) in [5.74, 6) is -0.537. The summed E-state index contributed by atoms with van der Waals surface area (Å²) in [4.78, 5) is 24.5. The van der Waals surface area contributed by atoms with Crippen molar-refractivity contribution in [2.75, 3.05) is 10.6 Å². The van der Waals surface area contributed by atoms with Gasteiger partial charge in [-0.3, -0.25) is 9.59 Å². The summed E-state index contributed by atoms with van der Waals surface area (Å²) in [6.07, 6.45) is 3.04. The zero-order chi connectivity index (χ0) is 20.2. The maximum Gasteiger partial charge on any atom is 0.291 e. The minimum absolute atomic E-state index is 0.0341. The summed E-state index contributed by atoms with van der Waals surface area (Å²) in [6.45, 7) is 0.162. The van der Waals surface area contributed by atoms with Crippen LogP contribution in [0.2, 0.25) is 0 Å². The maximum atomic E-state index is 14.0. The molecular formula is C22H19FN2O4. The normalized spacial score (nSPS) is 13.0. The number of carbonyl (C=O) groups excluding carboxylic acids is 2. The second kappa shape index (κ2) is 8.18. The third kappa shape index (κ3) is 4.63. The molecular weight excluding hydrogens is 375 g/mol. The van der Waals surface area contributed by atoms with E-state index >= 15 is 0 Å². The lowest BCUT2D eigenvalue weighted by Crippen LogP contribution is -2.16. The summed E-state index contributed by atoms with van der Waals surface area (Å²) in [6, 6.07) is 14.9. The number of ether oxygens (including phenoxy) is 1. The molecule has 6 nitrogen and oxygen atoms in total. The van der Waals surface area contributed by atoms with Gasteiger partial charge in [0.15, 0.2) is 5.76 Å². The summed E-state index contributed by atoms with van der Waals surface area (Å²) in [5.41, 5.74) is 0.955. The largest absolute Gasteiger partial charge is 0.489 e. The Morgan fingerprint density at radius 1 is 1.07 bits per heavy atom. The van der Waals surface area contributed by atoms with Gasteiger partial charge in [0.2, 0.25) is 5.91 Å². The lowest BCUT2D eigenvalue weighted by atomic mass is 10.2. The molecule has 1 heterocycles. The quantitative estimate of drug-likeness (QED) is 0.614. The second-order valence-corrected chi connectivity index (χ2v) is 6.79. The number of hydrogen-bond acceptors (Lipinski definition) is 4. The lowest BCUT2D eigenvalue weighted by Gasteiger charge is -2.10. The van der Waals surface area contributed by atoms with E-state index < -0.39 is 11.7 Å². The van der Waals surface area contributed by atoms with Crippen LogP contribution in [0.1, 0.15) is 29.0 Å². The van der Waals surface area contributed by atoms with Gasteiger partial charge in [0.1, 0.15) is 18.2 Å². The third-order valence-corrected chi connectivity index (χ3v) is 4.52. The van der Waals surface area contributed by atoms with Gasteiger partial charge in [-0.1, -0.05) is 18.2 Å². The highest BCUT2D eigenvalue weighted by Gasteiger charge is 2.30. The van der Waals surface area contributed by atoms with E-state index in [9.17, 15) is 14.0 Å². The molecule has 0 aliphatic heterocycles. The second-order valence-electron chi connectivity index (χ2n) is 6.79. The molecule has 7 heteroatoms. The maximum absolute atomic E-state index is 14.0. The molecule has 0 radical (unpaired) electrons. The van der Waals surface area contributed by atoms with Crippen LogP contribution in [0.5, 0.6) is 5.75 Å². The Bertz CT molecular complexity index is 1030. The van der Waals surface area contributed by atoms with E-state index in [4.69, 9.17) is 9.15 Å². The third-order valence-electron chi connectivity index (χ3n) is 4.52. The number of furan rings is 1. The Labute approximate surface area is 166 Å². The smallest absolute Gasteiger partial charge is 0.291 e. The first kappa shape index (κ1) is 18.7. The average Bonchev–Trinajstić information content (AvgIpc) is 3.47. The van der Waals surface area contributed by atoms with Crippen LogP contribution in [-0.4, -0.2) is 11.8 Å². The first-order valence-corrected chi connectivity index (χ1v) is 9.26. The van der Waals surface area contributed by atoms with Crippen LogP contribution in [0.3, 0.4) is 0 Å². The van der Waals surface area contributed by atoms with Gasteiger partial charge in [-0.05, 0) is 49.2 Å². The van der Waals surface area contributed by atoms with E-state index in [1.165, 1.54) is 24.5 Å². The molecule has 0 unspecified atom stereocenters. The van der Waals surface area contributed by atoms with Gasteiger partial charge in [-0.25, -0.2) is 4.39 Å². The Morgan fingerprint density at radius 2 is 1.86 bits per heavy atom. The van der Waals surface area contributed by atoms with Gasteiger partial charge >= 0.3 is 0 Å². The fourth-order valence-electron chi connectivity index (χ4n) is 2.79. The zero-order valence-corrected chi connectivity index (χ0v) is 15.5. The molecule has 29 heavy (non-hydrogen) atoms. The van der Waals surface area contributed by atoms with E-state index in [2.05, 4.69) is 10.6 Å². The fourth-order valence-corrected chi connectivity index (χ4v) is 2.79. The number of anilines is 2. The molecule has 3 aromatic rings. The van der Waals surface area contributed by atoms with E-state index in [1.807, 2.05) is 30.3 Å². The van der Waals surface area contributed by atoms with Crippen molar-refractivity contribution >= 4 is 23.2 Å². The molecule has 1 aromatic heterocycles. The number of rotatable bonds is 7. The Balaban J connectivity index is 1.43. The van der Waals surface area contributed by atoms with E-state index in [1.54, 1.807) is 6.07 Å². The highest BCUT2D eigenvalue weighted by Crippen LogP contribution is 2.31. The molecule has 2 N–H and O–H groups in total. The predicted octanol–water partition coefficient (Wildman–Crippen LogP) is 4.60. The van der Waals surface area contributed by atoms with Crippen molar-refractivity contribution in [2.24, 2.45) is 5.92 Å². The van der Waals surface area contributed by atoms with E-state index in [0.717, 1.165) is 12.8 Å². The summed E-state index contributed by atoms with van der Waals surface area (Å²) < 4.78 is 25.0. The van der Waals surface area contributed by atoms with Crippen LogP contribution in [0.25, 0.3) is 0 Å². The Hall–Kier alpha value is -3.61. The van der Waals surface area contributed by atoms with Gasteiger partial charge in [0.05, 0.1) is 12.0 Å². The van der Waals surface area contributed by atoms with Crippen LogP contribution in [0, 0.1) is 11.7 Å². The molecule has 2 amide bonds. The number of amides is 2. The Kier molecular flexibility index (Phi) is 5.29. The molecule has 1 fully saturated rings. The zero-order valence-electron chi connectivity index (χ0n) is 15.5. The number of para-hydroxylation sites is 1. The van der Waals surface area contributed by atoms with Crippen LogP contribution in [-0.2, 0) is 11.4 Å². The van der Waals surface area contributed by atoms with E-state index in [-0.39, 0.29) is 29.9 Å². The van der Waals surface area contributed by atoms with Gasteiger partial charge in [-0.2, -0.15) is 0 Å². The van der Waals surface area contributed by atoms with Crippen molar-refractivity contribution in [3.63, 3.8) is 0 Å². The molecule has 4 rings (SSSR count). The van der Waals surface area contributed by atoms with E-state index in [0.29, 0.717) is 17.0 Å². The number of benzene rings is 2. The first-order valence-electron chi connectivity index (χ1n) is 9.26. The molecule has 148 valence electrons. The first-order chi connectivity index (χ1) is 14.1. The predicted molar refractivity (Wildman–Crippen MR) is 105 cm³/mol. The standard InChI is InChI=1S/C22H19FN2O4/c23-18-9-8-16(12-19(18)25-21(26)14-6-7-14)24-22(27)20-15(10-11-28-20)13-29-17-4-2-1-3-5-17/h1-5,8-12,14H,6-7,13H2,(H,24,27)(H,25,26). The van der Waals surface area contributed by atoms with Crippen LogP contribution in [0.4, 0.5) is 15.8 Å². The SMILES string of the molecule is O=C(Nc1ccc(F)c(NC(=O)C2CC2)c1)c1occc1COc1ccccc1. The molecule has 1 saturated carbocycles. The molecule has 1 aliphatic rings. The van der Waals surface area contributed by atoms with Crippen LogP contribution >= 0.6 is 0 Å². The number of carbonyl (C=O) groups is 2. The molecule has 0 spiro atoms. The number of hydrogen-bond donors (Lipinski definition) is 2. The summed E-state index contributed by atoms with van der Waals surface area (Å²) in [7, 11) is 0. The Morgan fingerprint density at radius 3 is 2.62 bits per heavy atom. The summed E-state index contributed by atoms with van der Waals surface area (Å²) >= 11 is 0. The number of halogens is 1. The monoisotopic (exact) mass is 394 g/mol. The minimum Gasteiger partial charge on any atom is -0.489 e. The van der Waals surface area contributed by atoms with Crippen molar-refractivity contribution < 1.29 is 23.1 Å². The van der Waals surface area contributed by atoms with Crippen molar-refractivity contribution in [1.82, 2.24) is 0 Å². The van der Waals surface area contributed by atoms with Crippen LogP contribution in [0.15, 0.2) is 65.3 Å². The highest BCUT2D eigenvalue weighted by atomic mass is 19.1. The lowest BCUT2D eigenvalue weighted by molar-refractivity contribution is -0.117. The fraction of sp³-hybridized carbons (Fsp3) is 0.182. The molecule has 0 bridgehead atoms. The summed E-state index contributed by atoms with van der Waals surface area (Å²) in [5, 5.41) is 5.22. The van der Waals surface area contributed by atoms with Gasteiger partial charge in [0.25, 0.3) is 5.91 Å². The van der Waals surface area contributed by atoms with Crippen molar-refractivity contribution in [3.05, 3.63) is 78.0 Å². The van der Waals surface area contributed by atoms with Crippen molar-refractivity contribution in [3.8, 4) is 5.75 Å². The van der Waals surface area contributed by atoms with Gasteiger partial charge in [-0.15, -0.1) is 0 Å². The molecule has 0 atom stereocenters. The van der Waals surface area contributed by atoms with Gasteiger partial charge < -0.3 is 19.8 Å². The van der Waals surface area contributed by atoms with Gasteiger partial charge in [0, 0.05) is 17.2 Å². The van der Waals surface area contributed by atoms with Crippen LogP contribution < -0.4 is 15.4 Å². The van der Waals surface area contributed by atoms with Crippen molar-refractivity contribution in [1.29, 1.82) is 0 Å². The average molecular weight is 394 g/mol. The van der Waals surface area contributed by atoms with Crippen molar-refractivity contribution in [2.45, 2.75) is 19.4 Å². The topological polar surface area (TPSA) is 80.6 Å².